The van der Waals surface area contributed by atoms with E-state index in [0.717, 1.165) is 6.34 Å². The normalized spacial score (nSPS) is 12.8. The van der Waals surface area contributed by atoms with Crippen molar-refractivity contribution in [1.29, 1.82) is 0 Å². The molecule has 0 spiro atoms. The summed E-state index contributed by atoms with van der Waals surface area (Å²) < 4.78 is 32.7. The molecule has 0 aromatic heterocycles. The molecule has 0 aliphatic carbocycles. The van der Waals surface area contributed by atoms with Crippen LogP contribution in [0.1, 0.15) is 13.8 Å². The van der Waals surface area contributed by atoms with Crippen LogP contribution >= 0.6 is 0 Å². The van der Waals surface area contributed by atoms with E-state index in [-0.39, 0.29) is 0 Å². The molecule has 0 bridgehead atoms. The summed E-state index contributed by atoms with van der Waals surface area (Å²) >= 11 is 0. The van der Waals surface area contributed by atoms with Gasteiger partial charge < -0.3 is 9.64 Å². The maximum absolute atomic E-state index is 11.4. The predicted octanol–water partition coefficient (Wildman–Crippen LogP) is -0.638. The summed E-state index contributed by atoms with van der Waals surface area (Å²) in [6.45, 7) is 2.78. The maximum Gasteiger partial charge on any atom is 0.326 e. The number of nitrogens with one attached hydrogen (secondary N) is 1. The highest BCUT2D eigenvalue weighted by atomic mass is 32.2. The van der Waals surface area contributed by atoms with Gasteiger partial charge in [0, 0.05) is 14.1 Å². The summed E-state index contributed by atoms with van der Waals surface area (Å²) in [4.78, 5) is 12.7. The Morgan fingerprint density at radius 1 is 1.44 bits per heavy atom. The molecule has 0 aliphatic rings. The first-order valence-corrected chi connectivity index (χ1v) is 5.89. The summed E-state index contributed by atoms with van der Waals surface area (Å²) in [7, 11) is 0.528. The van der Waals surface area contributed by atoms with Gasteiger partial charge in [-0.3, -0.25) is 4.79 Å². The highest BCUT2D eigenvalue weighted by molar-refractivity contribution is 7.88. The molecule has 94 valence electrons. The monoisotopic (exact) mass is 251 g/mol. The van der Waals surface area contributed by atoms with E-state index in [1.807, 2.05) is 0 Å². The Kier molecular flexibility index (Phi) is 4.88. The van der Waals surface area contributed by atoms with Gasteiger partial charge in [0.1, 0.15) is 11.9 Å². The number of esters is 1. The molecule has 0 unspecified atom stereocenters. The molecule has 0 aromatic carbocycles. The number of carbonyl (C=O) groups excluding carboxylic acids is 1. The Morgan fingerprint density at radius 3 is 2.31 bits per heavy atom. The van der Waals surface area contributed by atoms with Crippen LogP contribution in [0, 0.1) is 0 Å². The summed E-state index contributed by atoms with van der Waals surface area (Å²) in [5, 5.41) is 0. The van der Waals surface area contributed by atoms with Crippen molar-refractivity contribution >= 4 is 22.5 Å². The number of ether oxygens (including phenoxy) is 1. The fourth-order valence-electron chi connectivity index (χ4n) is 0.802. The zero-order chi connectivity index (χ0) is 13.0. The lowest BCUT2D eigenvalue weighted by Gasteiger charge is -2.21. The van der Waals surface area contributed by atoms with Crippen molar-refractivity contribution in [3.05, 3.63) is 0 Å². The van der Waals surface area contributed by atoms with Gasteiger partial charge in [-0.15, -0.1) is 4.40 Å². The zero-order valence-electron chi connectivity index (χ0n) is 10.0. The number of rotatable bonds is 5. The molecule has 0 amide bonds. The first-order valence-electron chi connectivity index (χ1n) is 4.45. The quantitative estimate of drug-likeness (QED) is 0.399. The largest absolute Gasteiger partial charge is 0.468 e. The van der Waals surface area contributed by atoms with Crippen LogP contribution in [0.5, 0.6) is 0 Å². The summed E-state index contributed by atoms with van der Waals surface area (Å²) in [6.07, 6.45) is 1.12. The fourth-order valence-corrected chi connectivity index (χ4v) is 1.90. The second-order valence-corrected chi connectivity index (χ2v) is 5.24. The Bertz CT molecular complexity index is 373. The SMILES string of the molecule is COC(=O)C(C)(C)NS(=O)(=O)N=CN(C)C. The minimum absolute atomic E-state index is 0.684. The standard InChI is InChI=1S/C8H17N3O4S/c1-8(2,7(12)15-5)10-16(13,14)9-6-11(3)4/h6,10H,1-5H3. The Morgan fingerprint density at radius 2 is 1.94 bits per heavy atom. The van der Waals surface area contributed by atoms with Crippen LogP contribution in [0.2, 0.25) is 0 Å². The molecule has 0 aliphatic heterocycles. The second kappa shape index (κ2) is 5.26. The minimum Gasteiger partial charge on any atom is -0.468 e. The first-order chi connectivity index (χ1) is 7.10. The molecule has 0 saturated heterocycles. The second-order valence-electron chi connectivity index (χ2n) is 3.88. The summed E-state index contributed by atoms with van der Waals surface area (Å²) in [6, 6.07) is 0. The van der Waals surface area contributed by atoms with Crippen molar-refractivity contribution in [2.75, 3.05) is 21.2 Å². The van der Waals surface area contributed by atoms with E-state index in [2.05, 4.69) is 13.9 Å². The summed E-state index contributed by atoms with van der Waals surface area (Å²) in [5.41, 5.74) is -1.35. The topological polar surface area (TPSA) is 88.1 Å². The lowest BCUT2D eigenvalue weighted by atomic mass is 10.1. The molecule has 8 heteroatoms. The van der Waals surface area contributed by atoms with Crippen LogP contribution in [0.25, 0.3) is 0 Å². The molecule has 0 radical (unpaired) electrons. The first kappa shape index (κ1) is 14.8. The number of hydrogen-bond donors (Lipinski definition) is 1. The third-order valence-electron chi connectivity index (χ3n) is 1.50. The van der Waals surface area contributed by atoms with E-state index >= 15 is 0 Å². The molecule has 0 rings (SSSR count). The molecule has 7 nitrogen and oxygen atoms in total. The van der Waals surface area contributed by atoms with E-state index in [4.69, 9.17) is 0 Å². The average Bonchev–Trinajstić information content (AvgIpc) is 2.12. The van der Waals surface area contributed by atoms with Crippen LogP contribution < -0.4 is 4.72 Å². The van der Waals surface area contributed by atoms with Gasteiger partial charge in [-0.25, -0.2) is 0 Å². The van der Waals surface area contributed by atoms with Crippen LogP contribution in [0.15, 0.2) is 4.40 Å². The van der Waals surface area contributed by atoms with Gasteiger partial charge in [0.05, 0.1) is 7.11 Å². The van der Waals surface area contributed by atoms with Gasteiger partial charge in [0.15, 0.2) is 0 Å². The van der Waals surface area contributed by atoms with Crippen molar-refractivity contribution in [2.24, 2.45) is 4.40 Å². The van der Waals surface area contributed by atoms with Gasteiger partial charge in [-0.1, -0.05) is 0 Å². The minimum atomic E-state index is -3.91. The molecule has 0 aromatic rings. The molecule has 0 atom stereocenters. The zero-order valence-corrected chi connectivity index (χ0v) is 10.8. The van der Waals surface area contributed by atoms with Crippen molar-refractivity contribution in [2.45, 2.75) is 19.4 Å². The van der Waals surface area contributed by atoms with E-state index < -0.39 is 21.7 Å². The third kappa shape index (κ3) is 5.08. The van der Waals surface area contributed by atoms with E-state index in [0.29, 0.717) is 0 Å². The van der Waals surface area contributed by atoms with E-state index in [1.54, 1.807) is 14.1 Å². The van der Waals surface area contributed by atoms with Crippen LogP contribution in [-0.4, -0.2) is 52.4 Å². The van der Waals surface area contributed by atoms with Crippen molar-refractivity contribution in [3.8, 4) is 0 Å². The number of hydrogen-bond acceptors (Lipinski definition) is 4. The lowest BCUT2D eigenvalue weighted by molar-refractivity contribution is -0.146. The van der Waals surface area contributed by atoms with Crippen LogP contribution in [0.3, 0.4) is 0 Å². The molecule has 0 saturated carbocycles. The van der Waals surface area contributed by atoms with Crippen molar-refractivity contribution in [3.63, 3.8) is 0 Å². The van der Waals surface area contributed by atoms with Crippen LogP contribution in [0.4, 0.5) is 0 Å². The van der Waals surface area contributed by atoms with Gasteiger partial charge in [0.2, 0.25) is 0 Å². The van der Waals surface area contributed by atoms with Gasteiger partial charge in [0.25, 0.3) is 0 Å². The van der Waals surface area contributed by atoms with Crippen molar-refractivity contribution < 1.29 is 17.9 Å². The molecular formula is C8H17N3O4S. The Labute approximate surface area is 95.7 Å². The lowest BCUT2D eigenvalue weighted by Crippen LogP contribution is -2.49. The average molecular weight is 251 g/mol. The molecular weight excluding hydrogens is 234 g/mol. The van der Waals surface area contributed by atoms with Gasteiger partial charge in [-0.2, -0.15) is 13.1 Å². The predicted molar refractivity (Wildman–Crippen MR) is 60.3 cm³/mol. The fraction of sp³-hybridized carbons (Fsp3) is 0.750. The molecule has 1 N–H and O–H groups in total. The third-order valence-corrected chi connectivity index (χ3v) is 2.64. The highest BCUT2D eigenvalue weighted by Gasteiger charge is 2.33. The maximum atomic E-state index is 11.4. The number of methoxy groups -OCH3 is 1. The van der Waals surface area contributed by atoms with E-state index in [9.17, 15) is 13.2 Å². The number of carbonyl (C=O) groups is 1. The Hall–Kier alpha value is -1.15. The van der Waals surface area contributed by atoms with E-state index in [1.165, 1.54) is 25.9 Å². The number of nitrogens with zero attached hydrogens (tertiary/aromatic N) is 2. The van der Waals surface area contributed by atoms with Crippen molar-refractivity contribution in [1.82, 2.24) is 9.62 Å². The smallest absolute Gasteiger partial charge is 0.326 e. The highest BCUT2D eigenvalue weighted by Crippen LogP contribution is 2.07. The summed E-state index contributed by atoms with van der Waals surface area (Å²) in [5.74, 6) is -0.684. The molecule has 0 heterocycles. The van der Waals surface area contributed by atoms with Crippen LogP contribution in [-0.2, 0) is 19.7 Å². The van der Waals surface area contributed by atoms with Gasteiger partial charge >= 0.3 is 16.2 Å². The van der Waals surface area contributed by atoms with Gasteiger partial charge in [-0.05, 0) is 13.8 Å². The molecule has 0 fully saturated rings. The Balaban J connectivity index is 4.78. The molecule has 16 heavy (non-hydrogen) atoms.